The van der Waals surface area contributed by atoms with Crippen molar-refractivity contribution in [2.45, 2.75) is 40.7 Å². The summed E-state index contributed by atoms with van der Waals surface area (Å²) < 4.78 is 0. The second kappa shape index (κ2) is 7.72. The summed E-state index contributed by atoms with van der Waals surface area (Å²) in [5.74, 6) is -1.31. The standard InChI is InChI=1S/C13H25N3O4/c1-6-16(7-2)9(17)8-14-12(20)15-10(11(18)19)13(3,4)5/h10H,6-8H2,1-5H3,(H,18,19)(H2,14,15,20). The van der Waals surface area contributed by atoms with Crippen molar-refractivity contribution < 1.29 is 19.5 Å². The number of hydrogen-bond acceptors (Lipinski definition) is 3. The SMILES string of the molecule is CCN(CC)C(=O)CNC(=O)NC(C(=O)O)C(C)(C)C. The van der Waals surface area contributed by atoms with Gasteiger partial charge >= 0.3 is 12.0 Å². The molecule has 0 fully saturated rings. The van der Waals surface area contributed by atoms with E-state index in [9.17, 15) is 14.4 Å². The van der Waals surface area contributed by atoms with Gasteiger partial charge in [0.15, 0.2) is 0 Å². The maximum atomic E-state index is 11.7. The molecule has 0 bridgehead atoms. The average molecular weight is 287 g/mol. The van der Waals surface area contributed by atoms with Gasteiger partial charge in [0.05, 0.1) is 6.54 Å². The molecule has 3 amide bonds. The van der Waals surface area contributed by atoms with Gasteiger partial charge < -0.3 is 20.6 Å². The molecule has 0 saturated heterocycles. The van der Waals surface area contributed by atoms with Crippen LogP contribution >= 0.6 is 0 Å². The van der Waals surface area contributed by atoms with E-state index in [1.54, 1.807) is 25.7 Å². The van der Waals surface area contributed by atoms with Crippen LogP contribution in [0.25, 0.3) is 0 Å². The van der Waals surface area contributed by atoms with E-state index < -0.39 is 23.5 Å². The molecule has 0 rings (SSSR count). The minimum atomic E-state index is -1.11. The van der Waals surface area contributed by atoms with Crippen LogP contribution in [0.15, 0.2) is 0 Å². The molecule has 1 unspecified atom stereocenters. The Balaban J connectivity index is 4.42. The van der Waals surface area contributed by atoms with Crippen molar-refractivity contribution in [1.82, 2.24) is 15.5 Å². The van der Waals surface area contributed by atoms with Crippen LogP contribution < -0.4 is 10.6 Å². The molecule has 3 N–H and O–H groups in total. The monoisotopic (exact) mass is 287 g/mol. The molecular weight excluding hydrogens is 262 g/mol. The molecule has 20 heavy (non-hydrogen) atoms. The normalized spacial score (nSPS) is 12.4. The summed E-state index contributed by atoms with van der Waals surface area (Å²) in [6, 6.07) is -1.68. The average Bonchev–Trinajstić information content (AvgIpc) is 2.33. The molecule has 0 aliphatic heterocycles. The van der Waals surface area contributed by atoms with E-state index in [1.165, 1.54) is 0 Å². The van der Waals surface area contributed by atoms with Gasteiger partial charge in [-0.2, -0.15) is 0 Å². The van der Waals surface area contributed by atoms with Crippen LogP contribution in [0.5, 0.6) is 0 Å². The molecule has 1 atom stereocenters. The van der Waals surface area contributed by atoms with Gasteiger partial charge in [-0.3, -0.25) is 4.79 Å². The summed E-state index contributed by atoms with van der Waals surface area (Å²) in [6.07, 6.45) is 0. The Bertz CT molecular complexity index is 359. The lowest BCUT2D eigenvalue weighted by Crippen LogP contribution is -2.53. The fourth-order valence-electron chi connectivity index (χ4n) is 1.67. The molecule has 0 heterocycles. The Morgan fingerprint density at radius 3 is 2.00 bits per heavy atom. The predicted molar refractivity (Wildman–Crippen MR) is 75.3 cm³/mol. The first-order chi connectivity index (χ1) is 9.13. The van der Waals surface area contributed by atoms with Crippen molar-refractivity contribution >= 4 is 17.9 Å². The van der Waals surface area contributed by atoms with Crippen LogP contribution in [-0.2, 0) is 9.59 Å². The first-order valence-electron chi connectivity index (χ1n) is 6.68. The second-order valence-corrected chi connectivity index (χ2v) is 5.53. The third-order valence-corrected chi connectivity index (χ3v) is 2.90. The molecule has 0 radical (unpaired) electrons. The number of aliphatic carboxylic acids is 1. The van der Waals surface area contributed by atoms with Gasteiger partial charge in [-0.05, 0) is 19.3 Å². The van der Waals surface area contributed by atoms with Crippen molar-refractivity contribution in [3.8, 4) is 0 Å². The molecule has 0 saturated carbocycles. The number of carboxylic acids is 1. The van der Waals surface area contributed by atoms with E-state index in [-0.39, 0.29) is 12.5 Å². The smallest absolute Gasteiger partial charge is 0.326 e. The molecule has 116 valence electrons. The molecule has 0 aliphatic carbocycles. The number of carboxylic acid groups (broad SMARTS) is 1. The molecule has 0 aliphatic rings. The fraction of sp³-hybridized carbons (Fsp3) is 0.769. The molecule has 7 nitrogen and oxygen atoms in total. The van der Waals surface area contributed by atoms with Crippen LogP contribution in [0.4, 0.5) is 4.79 Å². The van der Waals surface area contributed by atoms with E-state index in [1.807, 2.05) is 13.8 Å². The summed E-state index contributed by atoms with van der Waals surface area (Å²) in [6.45, 7) is 9.83. The summed E-state index contributed by atoms with van der Waals surface area (Å²) >= 11 is 0. The third-order valence-electron chi connectivity index (χ3n) is 2.90. The lowest BCUT2D eigenvalue weighted by atomic mass is 9.87. The van der Waals surface area contributed by atoms with Gasteiger partial charge in [-0.1, -0.05) is 20.8 Å². The topological polar surface area (TPSA) is 98.7 Å². The molecule has 7 heteroatoms. The van der Waals surface area contributed by atoms with Gasteiger partial charge in [0.25, 0.3) is 0 Å². The Hall–Kier alpha value is -1.79. The summed E-state index contributed by atoms with van der Waals surface area (Å²) in [7, 11) is 0. The van der Waals surface area contributed by atoms with Crippen LogP contribution in [-0.4, -0.2) is 53.6 Å². The highest BCUT2D eigenvalue weighted by atomic mass is 16.4. The molecule has 0 aromatic heterocycles. The van der Waals surface area contributed by atoms with E-state index >= 15 is 0 Å². The summed E-state index contributed by atoms with van der Waals surface area (Å²) in [4.78, 5) is 36.0. The Morgan fingerprint density at radius 1 is 1.15 bits per heavy atom. The Kier molecular flexibility index (Phi) is 7.02. The zero-order valence-corrected chi connectivity index (χ0v) is 12.8. The van der Waals surface area contributed by atoms with E-state index in [2.05, 4.69) is 10.6 Å². The van der Waals surface area contributed by atoms with Gasteiger partial charge in [-0.15, -0.1) is 0 Å². The van der Waals surface area contributed by atoms with Crippen molar-refractivity contribution in [1.29, 1.82) is 0 Å². The van der Waals surface area contributed by atoms with Gasteiger partial charge in [0.2, 0.25) is 5.91 Å². The maximum absolute atomic E-state index is 11.7. The Labute approximate surface area is 119 Å². The van der Waals surface area contributed by atoms with Crippen molar-refractivity contribution in [2.24, 2.45) is 5.41 Å². The minimum absolute atomic E-state index is 0.149. The van der Waals surface area contributed by atoms with Crippen LogP contribution in [0.1, 0.15) is 34.6 Å². The van der Waals surface area contributed by atoms with E-state index in [0.29, 0.717) is 13.1 Å². The zero-order chi connectivity index (χ0) is 15.9. The molecule has 0 aromatic carbocycles. The van der Waals surface area contributed by atoms with Crippen LogP contribution in [0.2, 0.25) is 0 Å². The fourth-order valence-corrected chi connectivity index (χ4v) is 1.67. The van der Waals surface area contributed by atoms with E-state index in [4.69, 9.17) is 5.11 Å². The molecule has 0 spiro atoms. The minimum Gasteiger partial charge on any atom is -0.480 e. The number of amides is 3. The van der Waals surface area contributed by atoms with Crippen LogP contribution in [0.3, 0.4) is 0 Å². The Morgan fingerprint density at radius 2 is 1.65 bits per heavy atom. The lowest BCUT2D eigenvalue weighted by molar-refractivity contribution is -0.141. The number of hydrogen-bond donors (Lipinski definition) is 3. The molecule has 0 aromatic rings. The number of urea groups is 1. The quantitative estimate of drug-likeness (QED) is 0.668. The molecular formula is C13H25N3O4. The van der Waals surface area contributed by atoms with Crippen molar-refractivity contribution in [3.63, 3.8) is 0 Å². The lowest BCUT2D eigenvalue weighted by Gasteiger charge is -2.28. The van der Waals surface area contributed by atoms with E-state index in [0.717, 1.165) is 0 Å². The first-order valence-corrected chi connectivity index (χ1v) is 6.68. The van der Waals surface area contributed by atoms with Gasteiger partial charge in [-0.25, -0.2) is 9.59 Å². The zero-order valence-electron chi connectivity index (χ0n) is 12.8. The summed E-state index contributed by atoms with van der Waals surface area (Å²) in [5, 5.41) is 13.8. The number of carbonyl (C=O) groups is 3. The second-order valence-electron chi connectivity index (χ2n) is 5.53. The first kappa shape index (κ1) is 18.2. The highest BCUT2D eigenvalue weighted by Gasteiger charge is 2.32. The highest BCUT2D eigenvalue weighted by molar-refractivity contribution is 5.86. The maximum Gasteiger partial charge on any atom is 0.326 e. The number of likely N-dealkylation sites (N-methyl/N-ethyl adjacent to an activating group) is 1. The van der Waals surface area contributed by atoms with Crippen molar-refractivity contribution in [2.75, 3.05) is 19.6 Å². The van der Waals surface area contributed by atoms with Crippen molar-refractivity contribution in [3.05, 3.63) is 0 Å². The highest BCUT2D eigenvalue weighted by Crippen LogP contribution is 2.19. The number of nitrogens with one attached hydrogen (secondary N) is 2. The van der Waals surface area contributed by atoms with Crippen LogP contribution in [0, 0.1) is 5.41 Å². The number of rotatable bonds is 6. The summed E-state index contributed by atoms with van der Waals surface area (Å²) in [5.41, 5.74) is -0.619. The number of carbonyl (C=O) groups excluding carboxylic acids is 2. The number of nitrogens with zero attached hydrogens (tertiary/aromatic N) is 1. The van der Waals surface area contributed by atoms with Gasteiger partial charge in [0.1, 0.15) is 6.04 Å². The largest absolute Gasteiger partial charge is 0.480 e. The third kappa shape index (κ3) is 5.90. The predicted octanol–water partition coefficient (Wildman–Crippen LogP) is 0.653. The van der Waals surface area contributed by atoms with Gasteiger partial charge in [0, 0.05) is 13.1 Å².